The average Bonchev–Trinajstić information content (AvgIpc) is 2.40. The van der Waals surface area contributed by atoms with Crippen LogP contribution in [-0.2, 0) is 4.79 Å². The molecule has 0 aliphatic carbocycles. The fourth-order valence-electron chi connectivity index (χ4n) is 2.11. The molecule has 7 nitrogen and oxygen atoms in total. The number of carbonyl (C=O) groups is 2. The van der Waals surface area contributed by atoms with Crippen LogP contribution in [0.1, 0.15) is 24.2 Å². The average molecular weight is 290 g/mol. The van der Waals surface area contributed by atoms with Gasteiger partial charge >= 0.3 is 0 Å². The Morgan fingerprint density at radius 1 is 1.52 bits per heavy atom. The van der Waals surface area contributed by atoms with Gasteiger partial charge in [-0.05, 0) is 24.1 Å². The molecular weight excluding hydrogens is 272 g/mol. The standard InChI is InChI=1S/C14H18N4O3/c1-8(2)6-18-10-4-3-9(13(20)17-14(15)16)5-11(10)21-7-12(18)19/h3-5,8H,6-7H2,1-2H3,(H4,15,16,17,20). The number of fused-ring (bicyclic) bond motifs is 1. The molecule has 1 aliphatic heterocycles. The highest BCUT2D eigenvalue weighted by Gasteiger charge is 2.26. The van der Waals surface area contributed by atoms with E-state index in [1.807, 2.05) is 13.8 Å². The topological polar surface area (TPSA) is 109 Å². The van der Waals surface area contributed by atoms with Crippen molar-refractivity contribution in [2.75, 3.05) is 18.1 Å². The highest BCUT2D eigenvalue weighted by molar-refractivity contribution is 6.05. The van der Waals surface area contributed by atoms with Gasteiger partial charge in [0.15, 0.2) is 12.6 Å². The van der Waals surface area contributed by atoms with Gasteiger partial charge in [0.1, 0.15) is 5.75 Å². The second kappa shape index (κ2) is 5.82. The normalized spacial score (nSPS) is 13.7. The lowest BCUT2D eigenvalue weighted by molar-refractivity contribution is -0.121. The van der Waals surface area contributed by atoms with Gasteiger partial charge in [-0.25, -0.2) is 0 Å². The first-order valence-electron chi connectivity index (χ1n) is 6.61. The number of ether oxygens (including phenoxy) is 1. The third-order valence-electron chi connectivity index (χ3n) is 2.96. The zero-order valence-electron chi connectivity index (χ0n) is 12.0. The first-order chi connectivity index (χ1) is 9.88. The Labute approximate surface area is 122 Å². The van der Waals surface area contributed by atoms with E-state index in [1.54, 1.807) is 23.1 Å². The molecule has 2 rings (SSSR count). The van der Waals surface area contributed by atoms with Crippen LogP contribution in [0.2, 0.25) is 0 Å². The van der Waals surface area contributed by atoms with E-state index >= 15 is 0 Å². The minimum Gasteiger partial charge on any atom is -0.482 e. The number of hydrogen-bond acceptors (Lipinski definition) is 4. The molecule has 7 heteroatoms. The van der Waals surface area contributed by atoms with Gasteiger partial charge in [0.2, 0.25) is 0 Å². The van der Waals surface area contributed by atoms with Crippen LogP contribution in [0.25, 0.3) is 0 Å². The van der Waals surface area contributed by atoms with E-state index in [9.17, 15) is 9.59 Å². The van der Waals surface area contributed by atoms with Crippen molar-refractivity contribution in [3.05, 3.63) is 23.8 Å². The first-order valence-corrected chi connectivity index (χ1v) is 6.61. The monoisotopic (exact) mass is 290 g/mol. The van der Waals surface area contributed by atoms with Crippen molar-refractivity contribution in [3.8, 4) is 5.75 Å². The van der Waals surface area contributed by atoms with Crippen molar-refractivity contribution in [2.24, 2.45) is 11.7 Å². The number of nitrogens with two attached hydrogens (primary N) is 1. The predicted octanol–water partition coefficient (Wildman–Crippen LogP) is 0.691. The number of benzene rings is 1. The third-order valence-corrected chi connectivity index (χ3v) is 2.96. The second-order valence-corrected chi connectivity index (χ2v) is 5.24. The molecule has 0 saturated carbocycles. The number of nitrogens with zero attached hydrogens (tertiary/aromatic N) is 1. The van der Waals surface area contributed by atoms with Gasteiger partial charge in [-0.3, -0.25) is 20.3 Å². The molecule has 1 aliphatic rings. The molecule has 21 heavy (non-hydrogen) atoms. The van der Waals surface area contributed by atoms with E-state index in [4.69, 9.17) is 15.9 Å². The lowest BCUT2D eigenvalue weighted by atomic mass is 10.1. The fourth-order valence-corrected chi connectivity index (χ4v) is 2.11. The van der Waals surface area contributed by atoms with Crippen molar-refractivity contribution in [1.82, 2.24) is 5.32 Å². The number of rotatable bonds is 3. The van der Waals surface area contributed by atoms with E-state index in [0.29, 0.717) is 29.5 Å². The van der Waals surface area contributed by atoms with Crippen LogP contribution >= 0.6 is 0 Å². The summed E-state index contributed by atoms with van der Waals surface area (Å²) >= 11 is 0. The molecule has 0 aromatic heterocycles. The van der Waals surface area contributed by atoms with E-state index in [0.717, 1.165) is 0 Å². The molecule has 1 aromatic rings. The summed E-state index contributed by atoms with van der Waals surface area (Å²) < 4.78 is 5.39. The third kappa shape index (κ3) is 3.31. The number of anilines is 1. The molecule has 112 valence electrons. The van der Waals surface area contributed by atoms with Gasteiger partial charge in [0, 0.05) is 12.1 Å². The SMILES string of the molecule is CC(C)CN1C(=O)COc2cc(C(=O)NC(=N)N)ccc21. The van der Waals surface area contributed by atoms with Crippen molar-refractivity contribution >= 4 is 23.5 Å². The molecule has 0 unspecified atom stereocenters. The quantitative estimate of drug-likeness (QED) is 0.562. The molecular formula is C14H18N4O3. The van der Waals surface area contributed by atoms with E-state index in [-0.39, 0.29) is 12.5 Å². The van der Waals surface area contributed by atoms with Crippen LogP contribution in [0.5, 0.6) is 5.75 Å². The maximum absolute atomic E-state index is 11.9. The molecule has 0 fully saturated rings. The summed E-state index contributed by atoms with van der Waals surface area (Å²) in [6.45, 7) is 4.60. The van der Waals surface area contributed by atoms with Crippen molar-refractivity contribution < 1.29 is 14.3 Å². The van der Waals surface area contributed by atoms with E-state index in [2.05, 4.69) is 5.32 Å². The van der Waals surface area contributed by atoms with Crippen LogP contribution in [0.3, 0.4) is 0 Å². The van der Waals surface area contributed by atoms with Crippen molar-refractivity contribution in [2.45, 2.75) is 13.8 Å². The molecule has 0 atom stereocenters. The minimum absolute atomic E-state index is 0.0441. The van der Waals surface area contributed by atoms with Gasteiger partial charge in [-0.15, -0.1) is 0 Å². The summed E-state index contributed by atoms with van der Waals surface area (Å²) in [5, 5.41) is 9.26. The van der Waals surface area contributed by atoms with Gasteiger partial charge in [-0.1, -0.05) is 13.8 Å². The smallest absolute Gasteiger partial charge is 0.265 e. The molecule has 1 heterocycles. The van der Waals surface area contributed by atoms with E-state index in [1.165, 1.54) is 0 Å². The molecule has 2 amide bonds. The van der Waals surface area contributed by atoms with Gasteiger partial charge in [0.25, 0.3) is 11.8 Å². The van der Waals surface area contributed by atoms with Gasteiger partial charge in [-0.2, -0.15) is 0 Å². The molecule has 1 aromatic carbocycles. The van der Waals surface area contributed by atoms with Crippen LogP contribution in [-0.4, -0.2) is 30.9 Å². The number of carbonyl (C=O) groups excluding carboxylic acids is 2. The Morgan fingerprint density at radius 2 is 2.24 bits per heavy atom. The summed E-state index contributed by atoms with van der Waals surface area (Å²) in [6.07, 6.45) is 0. The van der Waals surface area contributed by atoms with Gasteiger partial charge in [0.05, 0.1) is 5.69 Å². The van der Waals surface area contributed by atoms with Crippen LogP contribution in [0.15, 0.2) is 18.2 Å². The highest BCUT2D eigenvalue weighted by Crippen LogP contribution is 2.33. The molecule has 0 bridgehead atoms. The van der Waals surface area contributed by atoms with Crippen LogP contribution < -0.4 is 20.7 Å². The zero-order valence-corrected chi connectivity index (χ0v) is 12.0. The lowest BCUT2D eigenvalue weighted by Gasteiger charge is -2.30. The fraction of sp³-hybridized carbons (Fsp3) is 0.357. The predicted molar refractivity (Wildman–Crippen MR) is 78.5 cm³/mol. The highest BCUT2D eigenvalue weighted by atomic mass is 16.5. The largest absolute Gasteiger partial charge is 0.482 e. The number of hydrogen-bond donors (Lipinski definition) is 3. The number of nitrogens with one attached hydrogen (secondary N) is 2. The summed E-state index contributed by atoms with van der Waals surface area (Å²) in [4.78, 5) is 25.4. The Morgan fingerprint density at radius 3 is 2.86 bits per heavy atom. The van der Waals surface area contributed by atoms with Crippen molar-refractivity contribution in [3.63, 3.8) is 0 Å². The van der Waals surface area contributed by atoms with Crippen molar-refractivity contribution in [1.29, 1.82) is 5.41 Å². The maximum atomic E-state index is 11.9. The lowest BCUT2D eigenvalue weighted by Crippen LogP contribution is -2.41. The Hall–Kier alpha value is -2.57. The summed E-state index contributed by atoms with van der Waals surface area (Å²) in [7, 11) is 0. The second-order valence-electron chi connectivity index (χ2n) is 5.24. The molecule has 0 radical (unpaired) electrons. The summed E-state index contributed by atoms with van der Waals surface area (Å²) in [6, 6.07) is 4.80. The Balaban J connectivity index is 2.30. The number of guanidine groups is 1. The summed E-state index contributed by atoms with van der Waals surface area (Å²) in [5.74, 6) is -0.208. The van der Waals surface area contributed by atoms with Crippen LogP contribution in [0, 0.1) is 11.3 Å². The first kappa shape index (κ1) is 14.8. The molecule has 4 N–H and O–H groups in total. The maximum Gasteiger partial charge on any atom is 0.265 e. The van der Waals surface area contributed by atoms with E-state index < -0.39 is 11.9 Å². The molecule has 0 saturated heterocycles. The van der Waals surface area contributed by atoms with Crippen LogP contribution in [0.4, 0.5) is 5.69 Å². The zero-order chi connectivity index (χ0) is 15.6. The summed E-state index contributed by atoms with van der Waals surface area (Å²) in [5.41, 5.74) is 6.10. The minimum atomic E-state index is -0.485. The Kier molecular flexibility index (Phi) is 4.11. The van der Waals surface area contributed by atoms with Gasteiger partial charge < -0.3 is 15.4 Å². The molecule has 0 spiro atoms. The Bertz CT molecular complexity index is 598. The number of amides is 2.